The number of nitrogens with one attached hydrogen (secondary N) is 1. The van der Waals surface area contributed by atoms with Gasteiger partial charge in [0.1, 0.15) is 11.2 Å². The predicted octanol–water partition coefficient (Wildman–Crippen LogP) is 4.17. The number of benzene rings is 1. The average molecular weight is 491 g/mol. The first-order chi connectivity index (χ1) is 16.3. The first-order valence-electron chi connectivity index (χ1n) is 12.8. The summed E-state index contributed by atoms with van der Waals surface area (Å²) >= 11 is 0. The number of ether oxygens (including phenoxy) is 2. The van der Waals surface area contributed by atoms with E-state index in [-0.39, 0.29) is 17.8 Å². The molecule has 0 aliphatic carbocycles. The summed E-state index contributed by atoms with van der Waals surface area (Å²) in [5.74, 6) is 0.509. The van der Waals surface area contributed by atoms with Gasteiger partial charge in [0.05, 0.1) is 0 Å². The van der Waals surface area contributed by atoms with E-state index in [9.17, 15) is 9.59 Å². The Balaban J connectivity index is 0.000000283. The fourth-order valence-electron chi connectivity index (χ4n) is 3.89. The van der Waals surface area contributed by atoms with E-state index in [1.54, 1.807) is 4.90 Å². The van der Waals surface area contributed by atoms with Crippen LogP contribution in [0.15, 0.2) is 30.3 Å². The van der Waals surface area contributed by atoms with Crippen LogP contribution in [0.2, 0.25) is 0 Å². The minimum Gasteiger partial charge on any atom is -0.444 e. The van der Waals surface area contributed by atoms with Crippen LogP contribution in [0, 0.1) is 0 Å². The molecule has 1 aromatic carbocycles. The number of nitrogens with zero attached hydrogens (tertiary/aromatic N) is 3. The Morgan fingerprint density at radius 1 is 0.800 bits per heavy atom. The summed E-state index contributed by atoms with van der Waals surface area (Å²) in [5.41, 5.74) is 0.565. The second-order valence-corrected chi connectivity index (χ2v) is 11.3. The van der Waals surface area contributed by atoms with Crippen molar-refractivity contribution in [1.82, 2.24) is 20.0 Å². The van der Waals surface area contributed by atoms with Crippen LogP contribution in [-0.2, 0) is 9.47 Å². The van der Waals surface area contributed by atoms with Gasteiger partial charge in [0, 0.05) is 58.9 Å². The van der Waals surface area contributed by atoms with Crippen molar-refractivity contribution in [2.24, 2.45) is 0 Å². The zero-order valence-corrected chi connectivity index (χ0v) is 22.8. The van der Waals surface area contributed by atoms with Gasteiger partial charge in [-0.05, 0) is 53.0 Å². The van der Waals surface area contributed by atoms with Crippen molar-refractivity contribution in [2.45, 2.75) is 65.6 Å². The molecule has 0 radical (unpaired) electrons. The lowest BCUT2D eigenvalue weighted by atomic mass is 10.0. The van der Waals surface area contributed by atoms with Crippen molar-refractivity contribution in [3.05, 3.63) is 35.9 Å². The maximum atomic E-state index is 12.0. The lowest BCUT2D eigenvalue weighted by Crippen LogP contribution is -2.50. The highest BCUT2D eigenvalue weighted by Gasteiger charge is 2.26. The van der Waals surface area contributed by atoms with E-state index in [4.69, 9.17) is 9.47 Å². The van der Waals surface area contributed by atoms with Crippen molar-refractivity contribution in [3.8, 4) is 0 Å². The third-order valence-corrected chi connectivity index (χ3v) is 5.69. The summed E-state index contributed by atoms with van der Waals surface area (Å²) in [6.45, 7) is 21.2. The summed E-state index contributed by atoms with van der Waals surface area (Å²) in [6, 6.07) is 10.6. The Morgan fingerprint density at radius 2 is 1.26 bits per heavy atom. The van der Waals surface area contributed by atoms with Gasteiger partial charge in [-0.3, -0.25) is 4.90 Å². The predicted molar refractivity (Wildman–Crippen MR) is 140 cm³/mol. The van der Waals surface area contributed by atoms with Crippen molar-refractivity contribution in [1.29, 1.82) is 0 Å². The van der Waals surface area contributed by atoms with E-state index in [0.29, 0.717) is 5.92 Å². The normalized spacial score (nSPS) is 18.3. The number of hydrogen-bond donors (Lipinski definition) is 1. The van der Waals surface area contributed by atoms with E-state index in [1.165, 1.54) is 5.56 Å². The van der Waals surface area contributed by atoms with Crippen LogP contribution in [0.3, 0.4) is 0 Å². The van der Waals surface area contributed by atoms with E-state index in [0.717, 1.165) is 58.9 Å². The van der Waals surface area contributed by atoms with Gasteiger partial charge in [0.25, 0.3) is 0 Å². The monoisotopic (exact) mass is 490 g/mol. The molecule has 0 bridgehead atoms. The standard InChI is InChI=1S/C18H28N2O2.C9H18N2O2/c1-15(16-8-6-5-7-9-16)14-19-10-12-20(13-11-19)17(21)22-18(2,3)4;1-9(2,3)13-8(12)11-6-4-10-5-7-11/h5-9,15H,10-14H2,1-4H3;10H,4-7H2,1-3H3. The maximum Gasteiger partial charge on any atom is 0.410 e. The number of hydrogen-bond acceptors (Lipinski definition) is 6. The minimum atomic E-state index is -0.421. The Labute approximate surface area is 211 Å². The molecule has 8 heteroatoms. The molecule has 1 unspecified atom stereocenters. The van der Waals surface area contributed by atoms with Gasteiger partial charge in [0.15, 0.2) is 0 Å². The number of carbonyl (C=O) groups is 2. The Bertz CT molecular complexity index is 775. The molecule has 2 fully saturated rings. The molecule has 2 aliphatic heterocycles. The van der Waals surface area contributed by atoms with Crippen LogP contribution in [-0.4, -0.2) is 97.0 Å². The molecule has 8 nitrogen and oxygen atoms in total. The average Bonchev–Trinajstić information content (AvgIpc) is 2.79. The molecule has 2 aliphatic rings. The molecular weight excluding hydrogens is 444 g/mol. The largest absolute Gasteiger partial charge is 0.444 e. The lowest BCUT2D eigenvalue weighted by molar-refractivity contribution is 0.0141. The van der Waals surface area contributed by atoms with Crippen LogP contribution in [0.5, 0.6) is 0 Å². The molecule has 1 atom stereocenters. The number of amides is 2. The van der Waals surface area contributed by atoms with Gasteiger partial charge in [-0.25, -0.2) is 9.59 Å². The van der Waals surface area contributed by atoms with Crippen LogP contribution in [0.4, 0.5) is 9.59 Å². The molecule has 2 saturated heterocycles. The number of carbonyl (C=O) groups excluding carboxylic acids is 2. The van der Waals surface area contributed by atoms with Crippen LogP contribution in [0.25, 0.3) is 0 Å². The Morgan fingerprint density at radius 3 is 1.71 bits per heavy atom. The Hall–Kier alpha value is -2.32. The molecular formula is C27H46N4O4. The molecule has 3 rings (SSSR count). The summed E-state index contributed by atoms with van der Waals surface area (Å²) in [6.07, 6.45) is -0.391. The smallest absolute Gasteiger partial charge is 0.410 e. The quantitative estimate of drug-likeness (QED) is 0.686. The first-order valence-corrected chi connectivity index (χ1v) is 12.8. The van der Waals surface area contributed by atoms with E-state index in [1.807, 2.05) is 46.4 Å². The molecule has 35 heavy (non-hydrogen) atoms. The van der Waals surface area contributed by atoms with Gasteiger partial charge in [-0.2, -0.15) is 0 Å². The number of rotatable bonds is 3. The van der Waals surface area contributed by atoms with Gasteiger partial charge in [-0.1, -0.05) is 37.3 Å². The van der Waals surface area contributed by atoms with Gasteiger partial charge in [0.2, 0.25) is 0 Å². The Kier molecular flexibility index (Phi) is 10.8. The highest BCUT2D eigenvalue weighted by Crippen LogP contribution is 2.18. The van der Waals surface area contributed by atoms with Crippen molar-refractivity contribution in [2.75, 3.05) is 58.9 Å². The van der Waals surface area contributed by atoms with Gasteiger partial charge < -0.3 is 24.6 Å². The van der Waals surface area contributed by atoms with E-state index < -0.39 is 5.60 Å². The van der Waals surface area contributed by atoms with Crippen LogP contribution in [0.1, 0.15) is 59.9 Å². The number of piperazine rings is 2. The summed E-state index contributed by atoms with van der Waals surface area (Å²) in [7, 11) is 0. The molecule has 2 heterocycles. The summed E-state index contributed by atoms with van der Waals surface area (Å²) in [5, 5.41) is 3.18. The molecule has 1 aromatic rings. The van der Waals surface area contributed by atoms with Crippen LogP contribution >= 0.6 is 0 Å². The zero-order chi connectivity index (χ0) is 26.1. The van der Waals surface area contributed by atoms with E-state index >= 15 is 0 Å². The van der Waals surface area contributed by atoms with E-state index in [2.05, 4.69) is 47.5 Å². The van der Waals surface area contributed by atoms with Gasteiger partial charge >= 0.3 is 12.2 Å². The highest BCUT2D eigenvalue weighted by molar-refractivity contribution is 5.68. The second kappa shape index (κ2) is 13.1. The second-order valence-electron chi connectivity index (χ2n) is 11.3. The molecule has 0 spiro atoms. The topological polar surface area (TPSA) is 74.4 Å². The van der Waals surface area contributed by atoms with Crippen molar-refractivity contribution in [3.63, 3.8) is 0 Å². The first kappa shape index (κ1) is 28.9. The van der Waals surface area contributed by atoms with Crippen molar-refractivity contribution < 1.29 is 19.1 Å². The summed E-state index contributed by atoms with van der Waals surface area (Å²) < 4.78 is 10.7. The maximum absolute atomic E-state index is 12.0. The highest BCUT2D eigenvalue weighted by atomic mass is 16.6. The minimum absolute atomic E-state index is 0.191. The third kappa shape index (κ3) is 11.3. The molecule has 0 saturated carbocycles. The fraction of sp³-hybridized carbons (Fsp3) is 0.704. The van der Waals surface area contributed by atoms with Gasteiger partial charge in [-0.15, -0.1) is 0 Å². The fourth-order valence-corrected chi connectivity index (χ4v) is 3.89. The summed E-state index contributed by atoms with van der Waals surface area (Å²) in [4.78, 5) is 29.5. The van der Waals surface area contributed by atoms with Crippen LogP contribution < -0.4 is 5.32 Å². The zero-order valence-electron chi connectivity index (χ0n) is 22.8. The third-order valence-electron chi connectivity index (χ3n) is 5.69. The lowest BCUT2D eigenvalue weighted by Gasteiger charge is -2.36. The molecule has 1 N–H and O–H groups in total. The van der Waals surface area contributed by atoms with Crippen molar-refractivity contribution >= 4 is 12.2 Å². The molecule has 198 valence electrons. The molecule has 0 aromatic heterocycles. The SMILES string of the molecule is CC(C)(C)OC(=O)N1CCNCC1.CC(CN1CCN(C(=O)OC(C)(C)C)CC1)c1ccccc1. The molecule has 2 amide bonds.